The Balaban J connectivity index is 2.31. The highest BCUT2D eigenvalue weighted by atomic mass is 35.5. The summed E-state index contributed by atoms with van der Waals surface area (Å²) in [5, 5.41) is 1.12. The molecule has 0 spiro atoms. The molecule has 0 unspecified atom stereocenters. The molecule has 0 amide bonds. The van der Waals surface area contributed by atoms with E-state index in [1.807, 2.05) is 31.2 Å². The number of aryl methyl sites for hydroxylation is 1. The van der Waals surface area contributed by atoms with Gasteiger partial charge in [0.1, 0.15) is 0 Å². The van der Waals surface area contributed by atoms with Crippen molar-refractivity contribution in [3.8, 4) is 0 Å². The van der Waals surface area contributed by atoms with Gasteiger partial charge in [-0.3, -0.25) is 0 Å². The van der Waals surface area contributed by atoms with E-state index in [9.17, 15) is 0 Å². The van der Waals surface area contributed by atoms with Crippen LogP contribution in [0.4, 0.5) is 5.69 Å². The molecule has 0 aliphatic carbocycles. The van der Waals surface area contributed by atoms with Gasteiger partial charge in [0.25, 0.3) is 0 Å². The summed E-state index contributed by atoms with van der Waals surface area (Å²) in [6.07, 6.45) is 0. The number of halogens is 2. The Morgan fingerprint density at radius 1 is 1.00 bits per heavy atom. The van der Waals surface area contributed by atoms with Crippen LogP contribution in [0.5, 0.6) is 0 Å². The molecule has 4 heteroatoms. The Morgan fingerprint density at radius 3 is 2.47 bits per heavy atom. The van der Waals surface area contributed by atoms with E-state index in [0.29, 0.717) is 10.0 Å². The molecule has 2 rings (SSSR count). The predicted octanol–water partition coefficient (Wildman–Crippen LogP) is 5.04. The minimum Gasteiger partial charge on any atom is -0.398 e. The number of hydrogen-bond donors (Lipinski definition) is 1. The normalized spacial score (nSPS) is 10.5. The minimum atomic E-state index is 0.558. The number of nitrogens with two attached hydrogens (primary N) is 1. The highest BCUT2D eigenvalue weighted by Gasteiger charge is 2.04. The van der Waals surface area contributed by atoms with Crippen LogP contribution in [0.25, 0.3) is 0 Å². The Labute approximate surface area is 115 Å². The second kappa shape index (κ2) is 5.21. The molecule has 0 bridgehead atoms. The van der Waals surface area contributed by atoms with Gasteiger partial charge in [0.05, 0.1) is 10.0 Å². The van der Waals surface area contributed by atoms with Crippen LogP contribution in [-0.2, 0) is 0 Å². The van der Waals surface area contributed by atoms with Crippen LogP contribution in [0.15, 0.2) is 46.2 Å². The first-order valence-corrected chi connectivity index (χ1v) is 6.62. The maximum absolute atomic E-state index is 5.97. The van der Waals surface area contributed by atoms with Crippen molar-refractivity contribution in [3.05, 3.63) is 52.0 Å². The van der Waals surface area contributed by atoms with Gasteiger partial charge in [-0.2, -0.15) is 0 Å². The summed E-state index contributed by atoms with van der Waals surface area (Å²) in [4.78, 5) is 2.06. The van der Waals surface area contributed by atoms with E-state index in [4.69, 9.17) is 28.9 Å². The molecule has 88 valence electrons. The second-order valence-electron chi connectivity index (χ2n) is 3.72. The van der Waals surface area contributed by atoms with Crippen LogP contribution >= 0.6 is 35.0 Å². The smallest absolute Gasteiger partial charge is 0.0603 e. The summed E-state index contributed by atoms with van der Waals surface area (Å²) in [6, 6.07) is 11.5. The third-order valence-corrected chi connectivity index (χ3v) is 4.09. The Hall–Kier alpha value is -0.830. The Bertz CT molecular complexity index is 555. The van der Waals surface area contributed by atoms with Crippen molar-refractivity contribution < 1.29 is 0 Å². The zero-order valence-electron chi connectivity index (χ0n) is 9.21. The maximum Gasteiger partial charge on any atom is 0.0603 e. The summed E-state index contributed by atoms with van der Waals surface area (Å²) in [7, 11) is 0. The SMILES string of the molecule is Cc1ccc(N)c(Sc2ccc(Cl)c(Cl)c2)c1. The van der Waals surface area contributed by atoms with Gasteiger partial charge in [0.15, 0.2) is 0 Å². The molecule has 0 aromatic heterocycles. The van der Waals surface area contributed by atoms with Gasteiger partial charge >= 0.3 is 0 Å². The molecule has 0 saturated heterocycles. The van der Waals surface area contributed by atoms with Gasteiger partial charge in [-0.25, -0.2) is 0 Å². The quantitative estimate of drug-likeness (QED) is 0.782. The average Bonchev–Trinajstić information content (AvgIpc) is 2.29. The van der Waals surface area contributed by atoms with Crippen molar-refractivity contribution in [2.75, 3.05) is 5.73 Å². The zero-order chi connectivity index (χ0) is 12.4. The van der Waals surface area contributed by atoms with Gasteiger partial charge in [-0.15, -0.1) is 0 Å². The van der Waals surface area contributed by atoms with Crippen molar-refractivity contribution in [2.45, 2.75) is 16.7 Å². The van der Waals surface area contributed by atoms with E-state index in [-0.39, 0.29) is 0 Å². The first kappa shape index (κ1) is 12.6. The monoisotopic (exact) mass is 283 g/mol. The summed E-state index contributed by atoms with van der Waals surface area (Å²) < 4.78 is 0. The summed E-state index contributed by atoms with van der Waals surface area (Å²) in [6.45, 7) is 2.04. The topological polar surface area (TPSA) is 26.0 Å². The molecule has 0 aliphatic heterocycles. The summed E-state index contributed by atoms with van der Waals surface area (Å²) in [5.41, 5.74) is 7.88. The fourth-order valence-corrected chi connectivity index (χ4v) is 2.76. The first-order chi connectivity index (χ1) is 8.06. The first-order valence-electron chi connectivity index (χ1n) is 5.05. The fraction of sp³-hybridized carbons (Fsp3) is 0.0769. The van der Waals surface area contributed by atoms with Crippen molar-refractivity contribution in [3.63, 3.8) is 0 Å². The molecule has 1 nitrogen and oxygen atoms in total. The lowest BCUT2D eigenvalue weighted by Crippen LogP contribution is -1.88. The van der Waals surface area contributed by atoms with E-state index in [1.165, 1.54) is 5.56 Å². The molecule has 0 heterocycles. The molecular formula is C13H11Cl2NS. The van der Waals surface area contributed by atoms with Crippen LogP contribution < -0.4 is 5.73 Å². The molecule has 0 radical (unpaired) electrons. The third-order valence-electron chi connectivity index (χ3n) is 2.29. The van der Waals surface area contributed by atoms with Crippen LogP contribution in [0.3, 0.4) is 0 Å². The van der Waals surface area contributed by atoms with Gasteiger partial charge in [-0.05, 0) is 42.8 Å². The molecular weight excluding hydrogens is 273 g/mol. The molecule has 2 aromatic rings. The number of anilines is 1. The molecule has 0 atom stereocenters. The number of nitrogen functional groups attached to an aromatic ring is 1. The minimum absolute atomic E-state index is 0.558. The number of rotatable bonds is 2. The average molecular weight is 284 g/mol. The van der Waals surface area contributed by atoms with Gasteiger partial charge in [0, 0.05) is 15.5 Å². The van der Waals surface area contributed by atoms with Crippen LogP contribution in [0.2, 0.25) is 10.0 Å². The van der Waals surface area contributed by atoms with Crippen molar-refractivity contribution in [1.29, 1.82) is 0 Å². The molecule has 0 aliphatic rings. The summed E-state index contributed by atoms with van der Waals surface area (Å²) >= 11 is 13.4. The van der Waals surface area contributed by atoms with Gasteiger partial charge < -0.3 is 5.73 Å². The lowest BCUT2D eigenvalue weighted by molar-refractivity contribution is 1.35. The standard InChI is InChI=1S/C13H11Cl2NS/c1-8-2-5-12(16)13(6-8)17-9-3-4-10(14)11(15)7-9/h2-7H,16H2,1H3. The predicted molar refractivity (Wildman–Crippen MR) is 76.2 cm³/mol. The Kier molecular flexibility index (Phi) is 3.87. The Morgan fingerprint density at radius 2 is 1.76 bits per heavy atom. The van der Waals surface area contributed by atoms with E-state index in [0.717, 1.165) is 15.5 Å². The molecule has 0 fully saturated rings. The lowest BCUT2D eigenvalue weighted by atomic mass is 10.2. The highest BCUT2D eigenvalue weighted by molar-refractivity contribution is 7.99. The molecule has 17 heavy (non-hydrogen) atoms. The molecule has 2 N–H and O–H groups in total. The van der Waals surface area contributed by atoms with Crippen molar-refractivity contribution in [1.82, 2.24) is 0 Å². The van der Waals surface area contributed by atoms with E-state index < -0.39 is 0 Å². The van der Waals surface area contributed by atoms with Gasteiger partial charge in [0.2, 0.25) is 0 Å². The van der Waals surface area contributed by atoms with E-state index in [2.05, 4.69) is 6.07 Å². The largest absolute Gasteiger partial charge is 0.398 e. The van der Waals surface area contributed by atoms with E-state index in [1.54, 1.807) is 17.8 Å². The lowest BCUT2D eigenvalue weighted by Gasteiger charge is -2.07. The number of benzene rings is 2. The highest BCUT2D eigenvalue weighted by Crippen LogP contribution is 2.35. The van der Waals surface area contributed by atoms with Crippen molar-refractivity contribution in [2.24, 2.45) is 0 Å². The van der Waals surface area contributed by atoms with Crippen LogP contribution in [0.1, 0.15) is 5.56 Å². The second-order valence-corrected chi connectivity index (χ2v) is 5.65. The van der Waals surface area contributed by atoms with Crippen molar-refractivity contribution >= 4 is 40.7 Å². The fourth-order valence-electron chi connectivity index (χ4n) is 1.40. The van der Waals surface area contributed by atoms with Crippen LogP contribution in [0, 0.1) is 6.92 Å². The van der Waals surface area contributed by atoms with E-state index >= 15 is 0 Å². The molecule has 0 saturated carbocycles. The van der Waals surface area contributed by atoms with Crippen LogP contribution in [-0.4, -0.2) is 0 Å². The maximum atomic E-state index is 5.97. The summed E-state index contributed by atoms with van der Waals surface area (Å²) in [5.74, 6) is 0. The van der Waals surface area contributed by atoms with Gasteiger partial charge in [-0.1, -0.05) is 41.0 Å². The third kappa shape index (κ3) is 3.09. The number of hydrogen-bond acceptors (Lipinski definition) is 2. The molecule has 2 aromatic carbocycles. The zero-order valence-corrected chi connectivity index (χ0v) is 11.5.